The monoisotopic (exact) mass is 417 g/mol. The van der Waals surface area contributed by atoms with Gasteiger partial charge >= 0.3 is 0 Å². The maximum Gasteiger partial charge on any atom is 0.272 e. The largest absolute Gasteiger partial charge is 0.375 e. The summed E-state index contributed by atoms with van der Waals surface area (Å²) in [5.41, 5.74) is 0.662. The molecule has 1 aromatic heterocycles. The zero-order valence-corrected chi connectivity index (χ0v) is 19.1. The van der Waals surface area contributed by atoms with Crippen molar-refractivity contribution in [1.29, 1.82) is 0 Å². The van der Waals surface area contributed by atoms with E-state index in [0.717, 1.165) is 57.8 Å². The smallest absolute Gasteiger partial charge is 0.272 e. The molecular weight excluding hydrogens is 378 g/mol. The molecule has 0 saturated carbocycles. The van der Waals surface area contributed by atoms with Crippen molar-refractivity contribution in [3.05, 3.63) is 18.0 Å². The van der Waals surface area contributed by atoms with Crippen LogP contribution in [0, 0.1) is 5.92 Å². The van der Waals surface area contributed by atoms with Crippen LogP contribution in [0.4, 0.5) is 0 Å². The second-order valence-electron chi connectivity index (χ2n) is 9.73. The molecule has 0 bridgehead atoms. The van der Waals surface area contributed by atoms with E-state index in [9.17, 15) is 4.79 Å². The summed E-state index contributed by atoms with van der Waals surface area (Å²) in [4.78, 5) is 20.3. The summed E-state index contributed by atoms with van der Waals surface area (Å²) in [6.45, 7) is 15.7. The Kier molecular flexibility index (Phi) is 6.80. The van der Waals surface area contributed by atoms with Gasteiger partial charge in [0.1, 0.15) is 5.69 Å². The maximum atomic E-state index is 12.9. The summed E-state index contributed by atoms with van der Waals surface area (Å²) < 4.78 is 8.16. The number of hydrogen-bond acceptors (Lipinski definition) is 5. The van der Waals surface area contributed by atoms with E-state index in [0.29, 0.717) is 11.7 Å². The lowest BCUT2D eigenvalue weighted by molar-refractivity contribution is -0.132. The molecule has 0 radical (unpaired) electrons. The third kappa shape index (κ3) is 4.73. The Morgan fingerprint density at radius 3 is 2.60 bits per heavy atom. The van der Waals surface area contributed by atoms with E-state index in [1.165, 1.54) is 32.7 Å². The van der Waals surface area contributed by atoms with Gasteiger partial charge in [-0.1, -0.05) is 13.8 Å². The zero-order chi connectivity index (χ0) is 21.1. The van der Waals surface area contributed by atoms with Crippen LogP contribution in [0.2, 0.25) is 0 Å². The molecule has 4 rings (SSSR count). The molecule has 1 unspecified atom stereocenters. The van der Waals surface area contributed by atoms with Gasteiger partial charge < -0.3 is 14.5 Å². The van der Waals surface area contributed by atoms with Gasteiger partial charge in [0.05, 0.1) is 5.60 Å². The molecule has 3 aliphatic heterocycles. The second-order valence-corrected chi connectivity index (χ2v) is 9.73. The first-order valence-corrected chi connectivity index (χ1v) is 11.9. The molecule has 0 aromatic carbocycles. The minimum atomic E-state index is -0.0419. The highest BCUT2D eigenvalue weighted by Gasteiger charge is 2.43. The van der Waals surface area contributed by atoms with Crippen LogP contribution in [-0.2, 0) is 11.3 Å². The molecule has 0 N–H and O–H groups in total. The molecule has 1 spiro atoms. The Morgan fingerprint density at radius 2 is 1.93 bits per heavy atom. The number of hydrogen-bond donors (Lipinski definition) is 0. The Morgan fingerprint density at radius 1 is 1.20 bits per heavy atom. The van der Waals surface area contributed by atoms with Crippen LogP contribution < -0.4 is 0 Å². The fourth-order valence-corrected chi connectivity index (χ4v) is 5.54. The van der Waals surface area contributed by atoms with Crippen LogP contribution in [0.1, 0.15) is 56.9 Å². The summed E-state index contributed by atoms with van der Waals surface area (Å²) in [6.07, 6.45) is 5.87. The van der Waals surface area contributed by atoms with E-state index in [1.807, 2.05) is 17.9 Å². The number of likely N-dealkylation sites (tertiary alicyclic amines) is 1. The van der Waals surface area contributed by atoms with Crippen LogP contribution in [0.25, 0.3) is 0 Å². The van der Waals surface area contributed by atoms with Gasteiger partial charge in [-0.15, -0.1) is 0 Å². The second kappa shape index (κ2) is 9.37. The molecule has 30 heavy (non-hydrogen) atoms. The van der Waals surface area contributed by atoms with Crippen LogP contribution in [0.3, 0.4) is 0 Å². The Bertz CT molecular complexity index is 702. The summed E-state index contributed by atoms with van der Waals surface area (Å²) in [7, 11) is 0. The Balaban J connectivity index is 1.30. The lowest BCUT2D eigenvalue weighted by atomic mass is 9.81. The summed E-state index contributed by atoms with van der Waals surface area (Å²) >= 11 is 0. The van der Waals surface area contributed by atoms with E-state index < -0.39 is 0 Å². The lowest BCUT2D eigenvalue weighted by Crippen LogP contribution is -2.57. The fraction of sp³-hybridized carbons (Fsp3) is 0.826. The average molecular weight is 418 g/mol. The van der Waals surface area contributed by atoms with E-state index in [4.69, 9.17) is 4.74 Å². The van der Waals surface area contributed by atoms with Crippen LogP contribution >= 0.6 is 0 Å². The van der Waals surface area contributed by atoms with Gasteiger partial charge in [-0.25, -0.2) is 0 Å². The molecule has 4 heterocycles. The number of ether oxygens (including phenoxy) is 1. The molecule has 3 saturated heterocycles. The molecular formula is C23H39N5O2. The molecule has 7 heteroatoms. The minimum Gasteiger partial charge on any atom is -0.375 e. The molecule has 7 nitrogen and oxygen atoms in total. The van der Waals surface area contributed by atoms with Crippen LogP contribution in [0.15, 0.2) is 12.3 Å². The topological polar surface area (TPSA) is 53.8 Å². The summed E-state index contributed by atoms with van der Waals surface area (Å²) in [5.74, 6) is 0.851. The lowest BCUT2D eigenvalue weighted by Gasteiger charge is -2.49. The van der Waals surface area contributed by atoms with Crippen molar-refractivity contribution >= 4 is 5.91 Å². The predicted molar refractivity (Wildman–Crippen MR) is 118 cm³/mol. The Hall–Kier alpha value is -1.44. The number of carbonyl (C=O) groups excluding carboxylic acids is 1. The van der Waals surface area contributed by atoms with E-state index in [1.54, 1.807) is 10.9 Å². The van der Waals surface area contributed by atoms with Crippen molar-refractivity contribution in [3.63, 3.8) is 0 Å². The quantitative estimate of drug-likeness (QED) is 0.736. The number of nitrogens with zero attached hydrogens (tertiary/aromatic N) is 5. The van der Waals surface area contributed by atoms with Crippen molar-refractivity contribution in [2.45, 2.75) is 64.6 Å². The fourth-order valence-electron chi connectivity index (χ4n) is 5.54. The van der Waals surface area contributed by atoms with E-state index in [2.05, 4.69) is 28.7 Å². The number of aromatic nitrogens is 2. The van der Waals surface area contributed by atoms with E-state index in [-0.39, 0.29) is 11.5 Å². The van der Waals surface area contributed by atoms with Crippen LogP contribution in [0.5, 0.6) is 0 Å². The predicted octanol–water partition coefficient (Wildman–Crippen LogP) is 2.33. The molecule has 0 aliphatic carbocycles. The zero-order valence-electron chi connectivity index (χ0n) is 19.1. The number of amides is 1. The SMILES string of the molecule is CCn1nccc1C(=O)N1CCC2(CC1)CC(N1CCN(CC(C)C)CC1)CCO2. The van der Waals surface area contributed by atoms with Crippen molar-refractivity contribution in [2.75, 3.05) is 52.4 Å². The van der Waals surface area contributed by atoms with Gasteiger partial charge in [-0.2, -0.15) is 5.10 Å². The molecule has 3 aliphatic rings. The number of piperidine rings is 1. The first-order valence-electron chi connectivity index (χ1n) is 11.9. The van der Waals surface area contributed by atoms with Gasteiger partial charge in [-0.3, -0.25) is 14.4 Å². The third-order valence-corrected chi connectivity index (χ3v) is 7.21. The highest BCUT2D eigenvalue weighted by Crippen LogP contribution is 2.37. The molecule has 1 aromatic rings. The van der Waals surface area contributed by atoms with Crippen molar-refractivity contribution in [1.82, 2.24) is 24.5 Å². The third-order valence-electron chi connectivity index (χ3n) is 7.21. The minimum absolute atomic E-state index is 0.0419. The molecule has 1 amide bonds. The summed E-state index contributed by atoms with van der Waals surface area (Å²) in [5, 5.41) is 4.25. The number of carbonyl (C=O) groups is 1. The maximum absolute atomic E-state index is 12.9. The average Bonchev–Trinajstić information content (AvgIpc) is 3.23. The summed E-state index contributed by atoms with van der Waals surface area (Å²) in [6, 6.07) is 2.46. The van der Waals surface area contributed by atoms with Gasteiger partial charge in [-0.05, 0) is 44.6 Å². The van der Waals surface area contributed by atoms with Gasteiger partial charge in [0.25, 0.3) is 5.91 Å². The first kappa shape index (κ1) is 21.8. The van der Waals surface area contributed by atoms with Gasteiger partial charge in [0.15, 0.2) is 0 Å². The number of piperazine rings is 1. The normalized spacial score (nSPS) is 25.9. The number of aryl methyl sites for hydroxylation is 1. The molecule has 168 valence electrons. The molecule has 1 atom stereocenters. The van der Waals surface area contributed by atoms with Crippen molar-refractivity contribution < 1.29 is 9.53 Å². The van der Waals surface area contributed by atoms with Gasteiger partial charge in [0, 0.05) is 71.2 Å². The first-order chi connectivity index (χ1) is 14.5. The van der Waals surface area contributed by atoms with Crippen molar-refractivity contribution in [3.8, 4) is 0 Å². The highest BCUT2D eigenvalue weighted by atomic mass is 16.5. The Labute approximate surface area is 181 Å². The standard InChI is InChI=1S/C23H39N5O2/c1-4-28-21(5-9-24-28)22(29)27-10-7-23(8-11-27)17-20(6-16-30-23)26-14-12-25(13-15-26)18-19(2)3/h5,9,19-20H,4,6-8,10-18H2,1-3H3. The van der Waals surface area contributed by atoms with Crippen molar-refractivity contribution in [2.24, 2.45) is 5.92 Å². The molecule has 3 fully saturated rings. The van der Waals surface area contributed by atoms with Gasteiger partial charge in [0.2, 0.25) is 0 Å². The van der Waals surface area contributed by atoms with Crippen LogP contribution in [-0.4, -0.2) is 94.5 Å². The highest BCUT2D eigenvalue weighted by molar-refractivity contribution is 5.92. The van der Waals surface area contributed by atoms with E-state index >= 15 is 0 Å². The number of rotatable bonds is 5.